The molecule has 1 atom stereocenters. The Morgan fingerprint density at radius 1 is 1.35 bits per heavy atom. The number of ether oxygens (including phenoxy) is 1. The molecule has 0 saturated carbocycles. The van der Waals surface area contributed by atoms with E-state index in [1.807, 2.05) is 0 Å². The van der Waals surface area contributed by atoms with E-state index in [2.05, 4.69) is 23.4 Å². The van der Waals surface area contributed by atoms with Crippen molar-refractivity contribution in [3.8, 4) is 6.07 Å². The lowest BCUT2D eigenvalue weighted by molar-refractivity contribution is -0.119. The van der Waals surface area contributed by atoms with E-state index in [9.17, 15) is 19.6 Å². The van der Waals surface area contributed by atoms with E-state index >= 15 is 0 Å². The first kappa shape index (κ1) is 20.8. The van der Waals surface area contributed by atoms with Gasteiger partial charge in [0.05, 0.1) is 10.9 Å². The Bertz CT molecular complexity index is 1300. The van der Waals surface area contributed by atoms with Crippen LogP contribution in [0.3, 0.4) is 0 Å². The van der Waals surface area contributed by atoms with Gasteiger partial charge in [0.15, 0.2) is 12.3 Å². The third kappa shape index (κ3) is 3.94. The first-order valence-electron chi connectivity index (χ1n) is 9.86. The fraction of sp³-hybridized carbons (Fsp3) is 0.318. The number of amides is 1. The van der Waals surface area contributed by atoms with E-state index in [1.54, 1.807) is 24.3 Å². The molecule has 3 aromatic rings. The summed E-state index contributed by atoms with van der Waals surface area (Å²) in [6.45, 7) is 1.64. The van der Waals surface area contributed by atoms with Crippen molar-refractivity contribution >= 4 is 39.0 Å². The summed E-state index contributed by atoms with van der Waals surface area (Å²) >= 11 is 1.41. The molecule has 4 rings (SSSR count). The van der Waals surface area contributed by atoms with Crippen molar-refractivity contribution in [2.45, 2.75) is 26.2 Å². The number of nitrogens with one attached hydrogen (secondary N) is 1. The van der Waals surface area contributed by atoms with Crippen LogP contribution in [0, 0.1) is 17.2 Å². The Balaban J connectivity index is 1.49. The number of benzene rings is 1. The molecular formula is C22H20N4O4S. The monoisotopic (exact) mass is 436 g/mol. The first-order valence-corrected chi connectivity index (χ1v) is 10.7. The highest BCUT2D eigenvalue weighted by Gasteiger charge is 2.25. The van der Waals surface area contributed by atoms with Gasteiger partial charge in [0.25, 0.3) is 11.5 Å². The summed E-state index contributed by atoms with van der Waals surface area (Å²) in [5, 5.41) is 17.4. The topological polar surface area (TPSA) is 114 Å². The molecule has 1 aliphatic rings. The fourth-order valence-corrected chi connectivity index (χ4v) is 5.15. The van der Waals surface area contributed by atoms with Gasteiger partial charge in [0.2, 0.25) is 0 Å². The molecule has 0 bridgehead atoms. The number of rotatable bonds is 4. The molecule has 9 heteroatoms. The minimum atomic E-state index is -0.804. The second-order valence-electron chi connectivity index (χ2n) is 7.61. The molecule has 2 aromatic heterocycles. The minimum absolute atomic E-state index is 0.0382. The van der Waals surface area contributed by atoms with Gasteiger partial charge in [-0.3, -0.25) is 9.59 Å². The van der Waals surface area contributed by atoms with Crippen molar-refractivity contribution in [1.82, 2.24) is 9.78 Å². The molecule has 8 nitrogen and oxygen atoms in total. The highest BCUT2D eigenvalue weighted by atomic mass is 32.1. The van der Waals surface area contributed by atoms with Gasteiger partial charge in [-0.2, -0.15) is 10.4 Å². The third-order valence-electron chi connectivity index (χ3n) is 5.36. The van der Waals surface area contributed by atoms with Crippen LogP contribution in [0.2, 0.25) is 0 Å². The van der Waals surface area contributed by atoms with Gasteiger partial charge in [-0.05, 0) is 36.8 Å². The summed E-state index contributed by atoms with van der Waals surface area (Å²) in [6, 6.07) is 8.79. The maximum Gasteiger partial charge on any atom is 0.359 e. The van der Waals surface area contributed by atoms with Gasteiger partial charge >= 0.3 is 5.97 Å². The van der Waals surface area contributed by atoms with Crippen molar-refractivity contribution < 1.29 is 14.3 Å². The lowest BCUT2D eigenvalue weighted by atomic mass is 9.89. The molecule has 0 fully saturated rings. The molecule has 1 N–H and O–H groups in total. The molecule has 1 amide bonds. The zero-order valence-corrected chi connectivity index (χ0v) is 17.9. The number of fused-ring (bicyclic) bond motifs is 2. The van der Waals surface area contributed by atoms with Gasteiger partial charge in [-0.1, -0.05) is 25.1 Å². The number of aryl methyl sites for hydroxylation is 1. The molecule has 2 heterocycles. The van der Waals surface area contributed by atoms with Crippen molar-refractivity contribution in [2.24, 2.45) is 13.0 Å². The van der Waals surface area contributed by atoms with Crippen molar-refractivity contribution in [3.63, 3.8) is 0 Å². The SMILES string of the molecule is CC1CCc2c(sc(NC(=O)COC(=O)c3nn(C)c(=O)c4ccccc34)c2C#N)C1. The molecule has 0 spiro atoms. The molecule has 0 aliphatic heterocycles. The summed E-state index contributed by atoms with van der Waals surface area (Å²) < 4.78 is 6.22. The average molecular weight is 436 g/mol. The largest absolute Gasteiger partial charge is 0.451 e. The maximum absolute atomic E-state index is 12.6. The second kappa shape index (κ2) is 8.32. The third-order valence-corrected chi connectivity index (χ3v) is 6.53. The number of hydrogen-bond acceptors (Lipinski definition) is 7. The number of hydrogen-bond donors (Lipinski definition) is 1. The predicted molar refractivity (Wildman–Crippen MR) is 116 cm³/mol. The summed E-state index contributed by atoms with van der Waals surface area (Å²) in [6.07, 6.45) is 2.74. The van der Waals surface area contributed by atoms with Crippen LogP contribution in [-0.2, 0) is 29.4 Å². The van der Waals surface area contributed by atoms with Gasteiger partial charge in [0.1, 0.15) is 11.1 Å². The number of aromatic nitrogens is 2. The van der Waals surface area contributed by atoms with Crippen LogP contribution >= 0.6 is 11.3 Å². The quantitative estimate of drug-likeness (QED) is 0.629. The van der Waals surface area contributed by atoms with E-state index < -0.39 is 18.5 Å². The van der Waals surface area contributed by atoms with Crippen molar-refractivity contribution in [1.29, 1.82) is 5.26 Å². The summed E-state index contributed by atoms with van der Waals surface area (Å²) in [5.41, 5.74) is 1.14. The molecular weight excluding hydrogens is 416 g/mol. The number of carbonyl (C=O) groups excluding carboxylic acids is 2. The Hall–Kier alpha value is -3.51. The summed E-state index contributed by atoms with van der Waals surface area (Å²) in [4.78, 5) is 38.3. The smallest absolute Gasteiger partial charge is 0.359 e. The van der Waals surface area contributed by atoms with E-state index in [1.165, 1.54) is 18.4 Å². The number of nitrogens with zero attached hydrogens (tertiary/aromatic N) is 3. The zero-order chi connectivity index (χ0) is 22.1. The molecule has 1 unspecified atom stereocenters. The number of nitriles is 1. The van der Waals surface area contributed by atoms with Gasteiger partial charge in [-0.25, -0.2) is 9.48 Å². The van der Waals surface area contributed by atoms with Crippen LogP contribution in [0.5, 0.6) is 0 Å². The standard InChI is InChI=1S/C22H20N4O4S/c1-12-7-8-13-16(10-23)20(31-17(13)9-12)24-18(27)11-30-22(29)19-14-5-3-4-6-15(14)21(28)26(2)25-19/h3-6,12H,7-9,11H2,1-2H3,(H,24,27). The van der Waals surface area contributed by atoms with Crippen LogP contribution in [0.15, 0.2) is 29.1 Å². The number of thiophene rings is 1. The summed E-state index contributed by atoms with van der Waals surface area (Å²) in [5.74, 6) is -0.793. The van der Waals surface area contributed by atoms with E-state index in [0.29, 0.717) is 27.3 Å². The molecule has 0 radical (unpaired) electrons. The van der Waals surface area contributed by atoms with Crippen LogP contribution in [-0.4, -0.2) is 28.3 Å². The van der Waals surface area contributed by atoms with Gasteiger partial charge in [-0.15, -0.1) is 11.3 Å². The van der Waals surface area contributed by atoms with Crippen LogP contribution in [0.25, 0.3) is 10.8 Å². The van der Waals surface area contributed by atoms with Crippen LogP contribution < -0.4 is 10.9 Å². The number of carbonyl (C=O) groups is 2. The molecule has 0 saturated heterocycles. The van der Waals surface area contributed by atoms with E-state index in [0.717, 1.165) is 34.4 Å². The highest BCUT2D eigenvalue weighted by molar-refractivity contribution is 7.16. The van der Waals surface area contributed by atoms with E-state index in [-0.39, 0.29) is 11.3 Å². The summed E-state index contributed by atoms with van der Waals surface area (Å²) in [7, 11) is 1.45. The minimum Gasteiger partial charge on any atom is -0.451 e. The van der Waals surface area contributed by atoms with Crippen molar-refractivity contribution in [3.05, 3.63) is 56.3 Å². The Morgan fingerprint density at radius 2 is 2.10 bits per heavy atom. The van der Waals surface area contributed by atoms with Crippen molar-refractivity contribution in [2.75, 3.05) is 11.9 Å². The zero-order valence-electron chi connectivity index (χ0n) is 17.1. The van der Waals surface area contributed by atoms with Crippen LogP contribution in [0.4, 0.5) is 5.00 Å². The Morgan fingerprint density at radius 3 is 2.84 bits per heavy atom. The highest BCUT2D eigenvalue weighted by Crippen LogP contribution is 2.39. The normalized spacial score (nSPS) is 15.2. The van der Waals surface area contributed by atoms with Crippen LogP contribution in [0.1, 0.15) is 39.8 Å². The Labute approximate surface area is 182 Å². The van der Waals surface area contributed by atoms with Gasteiger partial charge in [0, 0.05) is 17.3 Å². The maximum atomic E-state index is 12.6. The number of anilines is 1. The molecule has 158 valence electrons. The average Bonchev–Trinajstić information content (AvgIpc) is 3.10. The lowest BCUT2D eigenvalue weighted by Gasteiger charge is -2.17. The number of esters is 1. The predicted octanol–water partition coefficient (Wildman–Crippen LogP) is 2.79. The second-order valence-corrected chi connectivity index (χ2v) is 8.72. The van der Waals surface area contributed by atoms with Gasteiger partial charge < -0.3 is 10.1 Å². The first-order chi connectivity index (χ1) is 14.9. The molecule has 31 heavy (non-hydrogen) atoms. The molecule has 1 aromatic carbocycles. The molecule has 1 aliphatic carbocycles. The Kier molecular flexibility index (Phi) is 5.57. The van der Waals surface area contributed by atoms with E-state index in [4.69, 9.17) is 4.74 Å². The fourth-order valence-electron chi connectivity index (χ4n) is 3.77. The lowest BCUT2D eigenvalue weighted by Crippen LogP contribution is -2.26.